The smallest absolute Gasteiger partial charge is 0.364 e. The molecule has 0 radical (unpaired) electrons. The molecule has 0 fully saturated rings. The van der Waals surface area contributed by atoms with Crippen LogP contribution in [0.5, 0.6) is 0 Å². The van der Waals surface area contributed by atoms with Gasteiger partial charge in [-0.2, -0.15) is 0 Å². The molecular formula is C15H34O4SSi. The Hall–Kier alpha value is 0.407. The molecular weight excluding hydrogens is 304 g/mol. The minimum atomic E-state index is -2.30. The zero-order valence-electron chi connectivity index (χ0n) is 14.2. The summed E-state index contributed by atoms with van der Waals surface area (Å²) in [4.78, 5) is 0. The van der Waals surface area contributed by atoms with E-state index in [4.69, 9.17) is 17.8 Å². The van der Waals surface area contributed by atoms with E-state index in [0.717, 1.165) is 51.7 Å². The summed E-state index contributed by atoms with van der Waals surface area (Å²) in [6.07, 6.45) is 6.18. The molecule has 1 unspecified atom stereocenters. The third kappa shape index (κ3) is 9.92. The van der Waals surface area contributed by atoms with Crippen LogP contribution in [0.1, 0.15) is 59.3 Å². The van der Waals surface area contributed by atoms with Gasteiger partial charge in [0, 0.05) is 19.8 Å². The van der Waals surface area contributed by atoms with Gasteiger partial charge < -0.3 is 17.8 Å². The zero-order valence-corrected chi connectivity index (χ0v) is 16.1. The summed E-state index contributed by atoms with van der Waals surface area (Å²) in [5, 5.41) is 0. The van der Waals surface area contributed by atoms with E-state index in [0.29, 0.717) is 13.2 Å². The fourth-order valence-corrected chi connectivity index (χ4v) is 4.90. The fraction of sp³-hybridized carbons (Fsp3) is 1.00. The number of hydrogen-bond acceptors (Lipinski definition) is 5. The summed E-state index contributed by atoms with van der Waals surface area (Å²) in [7, 11) is -2.30. The maximum atomic E-state index is 6.17. The first-order valence-electron chi connectivity index (χ1n) is 8.30. The van der Waals surface area contributed by atoms with Crippen molar-refractivity contribution in [1.29, 1.82) is 0 Å². The molecule has 128 valence electrons. The highest BCUT2D eigenvalue weighted by Crippen LogP contribution is 2.20. The van der Waals surface area contributed by atoms with Crippen molar-refractivity contribution in [3.63, 3.8) is 0 Å². The van der Waals surface area contributed by atoms with E-state index in [1.807, 2.05) is 0 Å². The lowest BCUT2D eigenvalue weighted by Gasteiger charge is -2.34. The molecule has 0 rings (SSSR count). The van der Waals surface area contributed by atoms with E-state index < -0.39 is 8.56 Å². The lowest BCUT2D eigenvalue weighted by atomic mass is 10.4. The first-order valence-corrected chi connectivity index (χ1v) is 11.1. The van der Waals surface area contributed by atoms with Crippen molar-refractivity contribution in [3.8, 4) is 0 Å². The topological polar surface area (TPSA) is 36.9 Å². The minimum Gasteiger partial charge on any atom is -0.393 e. The molecule has 1 atom stereocenters. The van der Waals surface area contributed by atoms with Gasteiger partial charge in [0.05, 0.1) is 6.61 Å². The Labute approximate surface area is 137 Å². The van der Waals surface area contributed by atoms with Crippen LogP contribution < -0.4 is 0 Å². The number of rotatable bonds is 15. The molecule has 0 spiro atoms. The van der Waals surface area contributed by atoms with Crippen molar-refractivity contribution < 1.29 is 17.8 Å². The van der Waals surface area contributed by atoms with Crippen LogP contribution in [0.25, 0.3) is 0 Å². The summed E-state index contributed by atoms with van der Waals surface area (Å²) < 4.78 is 23.1. The zero-order chi connectivity index (χ0) is 16.0. The monoisotopic (exact) mass is 338 g/mol. The van der Waals surface area contributed by atoms with Gasteiger partial charge >= 0.3 is 8.56 Å². The van der Waals surface area contributed by atoms with E-state index in [9.17, 15) is 0 Å². The van der Waals surface area contributed by atoms with Gasteiger partial charge in [-0.15, -0.1) is 0 Å². The third-order valence-corrected chi connectivity index (χ3v) is 6.91. The minimum absolute atomic E-state index is 0.0751. The van der Waals surface area contributed by atoms with E-state index in [2.05, 4.69) is 40.2 Å². The second-order valence-corrected chi connectivity index (χ2v) is 8.89. The molecule has 0 aromatic rings. The Morgan fingerprint density at radius 2 is 1.43 bits per heavy atom. The standard InChI is InChI=1S/C15H34O4SSi/c1-5-8-13-18-21(4,19-14-9-6-2)15(7-3)16-11-10-12-17-20/h15,20H,5-14H2,1-4H3. The van der Waals surface area contributed by atoms with Gasteiger partial charge in [-0.05, 0) is 45.1 Å². The first-order chi connectivity index (χ1) is 10.1. The van der Waals surface area contributed by atoms with Crippen molar-refractivity contribution in [1.82, 2.24) is 0 Å². The van der Waals surface area contributed by atoms with Crippen LogP contribution in [0.4, 0.5) is 0 Å². The SMILES string of the molecule is CCCCO[Si](C)(OCCCC)C(CC)OCCCOS. The molecule has 21 heavy (non-hydrogen) atoms. The molecule has 0 saturated heterocycles. The van der Waals surface area contributed by atoms with Crippen molar-refractivity contribution in [2.75, 3.05) is 26.4 Å². The van der Waals surface area contributed by atoms with Crippen molar-refractivity contribution in [2.45, 2.75) is 71.6 Å². The molecule has 0 aromatic carbocycles. The molecule has 0 saturated carbocycles. The van der Waals surface area contributed by atoms with Crippen LogP contribution >= 0.6 is 12.9 Å². The molecule has 0 N–H and O–H groups in total. The van der Waals surface area contributed by atoms with Gasteiger partial charge in [0.15, 0.2) is 0 Å². The second kappa shape index (κ2) is 14.0. The van der Waals surface area contributed by atoms with Crippen LogP contribution in [-0.2, 0) is 17.8 Å². The Morgan fingerprint density at radius 1 is 0.857 bits per heavy atom. The van der Waals surface area contributed by atoms with Gasteiger partial charge in [0.1, 0.15) is 5.73 Å². The summed E-state index contributed by atoms with van der Waals surface area (Å²) in [5.74, 6) is 0. The van der Waals surface area contributed by atoms with Crippen molar-refractivity contribution >= 4 is 21.5 Å². The number of thiol groups is 1. The summed E-state index contributed by atoms with van der Waals surface area (Å²) >= 11 is 3.74. The quantitative estimate of drug-likeness (QED) is 0.209. The molecule has 0 aliphatic heterocycles. The Bertz CT molecular complexity index is 222. The molecule has 0 bridgehead atoms. The predicted octanol–water partition coefficient (Wildman–Crippen LogP) is 4.28. The average Bonchev–Trinajstić information content (AvgIpc) is 2.48. The number of ether oxygens (including phenoxy) is 1. The summed E-state index contributed by atoms with van der Waals surface area (Å²) in [6.45, 7) is 11.4. The molecule has 0 heterocycles. The normalized spacial score (nSPS) is 13.6. The van der Waals surface area contributed by atoms with Gasteiger partial charge in [0.25, 0.3) is 0 Å². The van der Waals surface area contributed by atoms with Crippen molar-refractivity contribution in [3.05, 3.63) is 0 Å². The highest BCUT2D eigenvalue weighted by molar-refractivity contribution is 7.75. The Balaban J connectivity index is 4.45. The van der Waals surface area contributed by atoms with E-state index in [-0.39, 0.29) is 5.73 Å². The summed E-state index contributed by atoms with van der Waals surface area (Å²) in [5.41, 5.74) is 0.0751. The lowest BCUT2D eigenvalue weighted by Crippen LogP contribution is -2.52. The molecule has 4 nitrogen and oxygen atoms in total. The predicted molar refractivity (Wildman–Crippen MR) is 92.9 cm³/mol. The Kier molecular flexibility index (Phi) is 14.3. The highest BCUT2D eigenvalue weighted by Gasteiger charge is 2.41. The second-order valence-electron chi connectivity index (χ2n) is 5.37. The van der Waals surface area contributed by atoms with Gasteiger partial charge in [-0.3, -0.25) is 0 Å². The number of unbranched alkanes of at least 4 members (excludes halogenated alkanes) is 2. The highest BCUT2D eigenvalue weighted by atomic mass is 32.1. The van der Waals surface area contributed by atoms with Crippen LogP contribution in [0.3, 0.4) is 0 Å². The molecule has 0 aliphatic rings. The van der Waals surface area contributed by atoms with Crippen molar-refractivity contribution in [2.24, 2.45) is 0 Å². The van der Waals surface area contributed by atoms with E-state index in [1.165, 1.54) is 0 Å². The van der Waals surface area contributed by atoms with Crippen LogP contribution in [-0.4, -0.2) is 40.7 Å². The molecule has 0 amide bonds. The summed E-state index contributed by atoms with van der Waals surface area (Å²) in [6, 6.07) is 0. The van der Waals surface area contributed by atoms with E-state index >= 15 is 0 Å². The van der Waals surface area contributed by atoms with Gasteiger partial charge in [-0.25, -0.2) is 0 Å². The molecule has 0 aromatic heterocycles. The van der Waals surface area contributed by atoms with Gasteiger partial charge in [-0.1, -0.05) is 33.6 Å². The van der Waals surface area contributed by atoms with Gasteiger partial charge in [0.2, 0.25) is 0 Å². The average molecular weight is 339 g/mol. The van der Waals surface area contributed by atoms with Crippen LogP contribution in [0.2, 0.25) is 6.55 Å². The lowest BCUT2D eigenvalue weighted by molar-refractivity contribution is 0.0385. The fourth-order valence-electron chi connectivity index (χ4n) is 2.05. The maximum absolute atomic E-state index is 6.17. The third-order valence-electron chi connectivity index (χ3n) is 3.43. The van der Waals surface area contributed by atoms with E-state index in [1.54, 1.807) is 0 Å². The molecule has 6 heteroatoms. The van der Waals surface area contributed by atoms with Crippen LogP contribution in [0.15, 0.2) is 0 Å². The van der Waals surface area contributed by atoms with Crippen LogP contribution in [0, 0.1) is 0 Å². The largest absolute Gasteiger partial charge is 0.393 e. The maximum Gasteiger partial charge on any atom is 0.364 e. The molecule has 0 aliphatic carbocycles. The number of hydrogen-bond donors (Lipinski definition) is 1. The first kappa shape index (κ1) is 21.4. The Morgan fingerprint density at radius 3 is 1.86 bits per heavy atom.